The summed E-state index contributed by atoms with van der Waals surface area (Å²) < 4.78 is 0. The summed E-state index contributed by atoms with van der Waals surface area (Å²) >= 11 is 0. The lowest BCUT2D eigenvalue weighted by molar-refractivity contribution is -0.119. The van der Waals surface area contributed by atoms with E-state index in [4.69, 9.17) is 11.5 Å². The first kappa shape index (κ1) is 15.7. The molecule has 0 aliphatic carbocycles. The Morgan fingerprint density at radius 3 is 2.47 bits per heavy atom. The Kier molecular flexibility index (Phi) is 8.12. The second-order valence-electron chi connectivity index (χ2n) is 3.33. The van der Waals surface area contributed by atoms with Crippen molar-refractivity contribution >= 4 is 35.8 Å². The van der Waals surface area contributed by atoms with Crippen molar-refractivity contribution in [2.24, 2.45) is 16.5 Å². The van der Waals surface area contributed by atoms with Crippen LogP contribution in [0, 0.1) is 0 Å². The number of halogens is 1. The number of nitrogens with two attached hydrogens (primary N) is 2. The van der Waals surface area contributed by atoms with Crippen LogP contribution >= 0.6 is 24.0 Å². The molecular weight excluding hydrogens is 331 g/mol. The molecule has 0 aliphatic heterocycles. The van der Waals surface area contributed by atoms with Crippen molar-refractivity contribution in [2.75, 3.05) is 13.1 Å². The van der Waals surface area contributed by atoms with Crippen molar-refractivity contribution in [3.05, 3.63) is 35.9 Å². The SMILES string of the molecule is I.NC(N)=NCC(=O)NCCc1ccccc1. The zero-order valence-corrected chi connectivity index (χ0v) is 11.8. The molecule has 0 saturated heterocycles. The van der Waals surface area contributed by atoms with Crippen molar-refractivity contribution < 1.29 is 4.79 Å². The third-order valence-electron chi connectivity index (χ3n) is 1.98. The zero-order chi connectivity index (χ0) is 11.8. The minimum Gasteiger partial charge on any atom is -0.370 e. The molecule has 0 fully saturated rings. The van der Waals surface area contributed by atoms with Gasteiger partial charge >= 0.3 is 0 Å². The van der Waals surface area contributed by atoms with Gasteiger partial charge in [0.15, 0.2) is 5.96 Å². The second-order valence-corrected chi connectivity index (χ2v) is 3.33. The van der Waals surface area contributed by atoms with Crippen LogP contribution in [0.3, 0.4) is 0 Å². The molecule has 0 aliphatic rings. The minimum absolute atomic E-state index is 0. The van der Waals surface area contributed by atoms with Crippen LogP contribution in [0.1, 0.15) is 5.56 Å². The van der Waals surface area contributed by atoms with Crippen molar-refractivity contribution in [3.63, 3.8) is 0 Å². The standard InChI is InChI=1S/C11H16N4O.HI/c12-11(13)15-8-10(16)14-7-6-9-4-2-1-3-5-9;/h1-5H,6-8H2,(H,14,16)(H4,12,13,15);1H. The van der Waals surface area contributed by atoms with Gasteiger partial charge in [0, 0.05) is 6.54 Å². The smallest absolute Gasteiger partial charge is 0.241 e. The monoisotopic (exact) mass is 348 g/mol. The van der Waals surface area contributed by atoms with Gasteiger partial charge in [-0.25, -0.2) is 4.99 Å². The van der Waals surface area contributed by atoms with Gasteiger partial charge in [-0.05, 0) is 12.0 Å². The number of guanidine groups is 1. The van der Waals surface area contributed by atoms with Crippen LogP contribution in [0.25, 0.3) is 0 Å². The molecule has 0 unspecified atom stereocenters. The molecule has 5 nitrogen and oxygen atoms in total. The third kappa shape index (κ3) is 7.56. The first-order chi connectivity index (χ1) is 7.68. The van der Waals surface area contributed by atoms with E-state index in [9.17, 15) is 4.79 Å². The number of rotatable bonds is 5. The first-order valence-corrected chi connectivity index (χ1v) is 5.04. The maximum absolute atomic E-state index is 11.2. The fourth-order valence-corrected chi connectivity index (χ4v) is 1.21. The molecule has 94 valence electrons. The Balaban J connectivity index is 0.00000256. The highest BCUT2D eigenvalue weighted by Crippen LogP contribution is 1.97. The lowest BCUT2D eigenvalue weighted by Crippen LogP contribution is -2.30. The highest BCUT2D eigenvalue weighted by Gasteiger charge is 1.98. The Morgan fingerprint density at radius 1 is 1.24 bits per heavy atom. The highest BCUT2D eigenvalue weighted by molar-refractivity contribution is 14.0. The maximum Gasteiger partial charge on any atom is 0.241 e. The van der Waals surface area contributed by atoms with E-state index in [0.29, 0.717) is 6.54 Å². The molecule has 0 saturated carbocycles. The summed E-state index contributed by atoms with van der Waals surface area (Å²) in [6.07, 6.45) is 0.800. The molecule has 1 amide bonds. The molecule has 1 aromatic rings. The van der Waals surface area contributed by atoms with Crippen molar-refractivity contribution in [1.82, 2.24) is 5.32 Å². The fourth-order valence-electron chi connectivity index (χ4n) is 1.21. The van der Waals surface area contributed by atoms with Crippen LogP contribution in [0.15, 0.2) is 35.3 Å². The Bertz CT molecular complexity index is 363. The van der Waals surface area contributed by atoms with Gasteiger partial charge in [-0.1, -0.05) is 30.3 Å². The molecule has 0 radical (unpaired) electrons. The van der Waals surface area contributed by atoms with Gasteiger partial charge in [0.05, 0.1) is 0 Å². The molecule has 5 N–H and O–H groups in total. The number of nitrogens with one attached hydrogen (secondary N) is 1. The molecule has 1 aromatic carbocycles. The Hall–Kier alpha value is -1.31. The number of benzene rings is 1. The Morgan fingerprint density at radius 2 is 1.88 bits per heavy atom. The van der Waals surface area contributed by atoms with Gasteiger partial charge in [-0.15, -0.1) is 24.0 Å². The molecule has 17 heavy (non-hydrogen) atoms. The van der Waals surface area contributed by atoms with Crippen LogP contribution in [0.4, 0.5) is 0 Å². The molecular formula is C11H17IN4O. The zero-order valence-electron chi connectivity index (χ0n) is 9.43. The molecule has 0 aromatic heterocycles. The number of carbonyl (C=O) groups is 1. The summed E-state index contributed by atoms with van der Waals surface area (Å²) in [7, 11) is 0. The van der Waals surface area contributed by atoms with Crippen LogP contribution < -0.4 is 16.8 Å². The largest absolute Gasteiger partial charge is 0.370 e. The first-order valence-electron chi connectivity index (χ1n) is 5.04. The molecule has 6 heteroatoms. The van der Waals surface area contributed by atoms with E-state index in [1.165, 1.54) is 5.56 Å². The maximum atomic E-state index is 11.2. The summed E-state index contributed by atoms with van der Waals surface area (Å²) in [5.74, 6) is -0.248. The summed E-state index contributed by atoms with van der Waals surface area (Å²) in [5, 5.41) is 2.73. The van der Waals surface area contributed by atoms with Crippen LogP contribution in [-0.4, -0.2) is 25.0 Å². The van der Waals surface area contributed by atoms with E-state index in [0.717, 1.165) is 6.42 Å². The second kappa shape index (κ2) is 8.80. The van der Waals surface area contributed by atoms with Crippen molar-refractivity contribution in [3.8, 4) is 0 Å². The van der Waals surface area contributed by atoms with E-state index in [1.807, 2.05) is 30.3 Å². The van der Waals surface area contributed by atoms with E-state index in [1.54, 1.807) is 0 Å². The Labute approximate surface area is 118 Å². The third-order valence-corrected chi connectivity index (χ3v) is 1.98. The fraction of sp³-hybridized carbons (Fsp3) is 0.273. The van der Waals surface area contributed by atoms with Gasteiger partial charge in [-0.3, -0.25) is 4.79 Å². The van der Waals surface area contributed by atoms with E-state index in [2.05, 4.69) is 10.3 Å². The molecule has 0 atom stereocenters. The predicted molar refractivity (Wildman–Crippen MR) is 79.2 cm³/mol. The van der Waals surface area contributed by atoms with Crippen LogP contribution in [0.2, 0.25) is 0 Å². The number of carbonyl (C=O) groups excluding carboxylic acids is 1. The molecule has 0 heterocycles. The average molecular weight is 348 g/mol. The normalized spacial score (nSPS) is 8.94. The summed E-state index contributed by atoms with van der Waals surface area (Å²) in [5.41, 5.74) is 11.4. The lowest BCUT2D eigenvalue weighted by Gasteiger charge is -2.03. The van der Waals surface area contributed by atoms with Crippen LogP contribution in [-0.2, 0) is 11.2 Å². The van der Waals surface area contributed by atoms with Crippen molar-refractivity contribution in [2.45, 2.75) is 6.42 Å². The molecule has 0 bridgehead atoms. The molecule has 0 spiro atoms. The summed E-state index contributed by atoms with van der Waals surface area (Å²) in [6, 6.07) is 9.93. The van der Waals surface area contributed by atoms with Crippen LogP contribution in [0.5, 0.6) is 0 Å². The van der Waals surface area contributed by atoms with Crippen molar-refractivity contribution in [1.29, 1.82) is 0 Å². The average Bonchev–Trinajstić information content (AvgIpc) is 2.28. The number of hydrogen-bond acceptors (Lipinski definition) is 2. The van der Waals surface area contributed by atoms with E-state index >= 15 is 0 Å². The van der Waals surface area contributed by atoms with Gasteiger partial charge < -0.3 is 16.8 Å². The quantitative estimate of drug-likeness (QED) is 0.404. The van der Waals surface area contributed by atoms with Gasteiger partial charge in [0.25, 0.3) is 0 Å². The lowest BCUT2D eigenvalue weighted by atomic mass is 10.1. The van der Waals surface area contributed by atoms with Gasteiger partial charge in [-0.2, -0.15) is 0 Å². The summed E-state index contributed by atoms with van der Waals surface area (Å²) in [6.45, 7) is 0.569. The number of amides is 1. The number of hydrogen-bond donors (Lipinski definition) is 3. The number of nitrogens with zero attached hydrogens (tertiary/aromatic N) is 1. The highest BCUT2D eigenvalue weighted by atomic mass is 127. The predicted octanol–water partition coefficient (Wildman–Crippen LogP) is 0.237. The van der Waals surface area contributed by atoms with E-state index < -0.39 is 0 Å². The number of aliphatic imine (C=N–C) groups is 1. The van der Waals surface area contributed by atoms with E-state index in [-0.39, 0.29) is 42.4 Å². The minimum atomic E-state index is -0.177. The summed E-state index contributed by atoms with van der Waals surface area (Å²) in [4.78, 5) is 14.8. The van der Waals surface area contributed by atoms with Gasteiger partial charge in [0.1, 0.15) is 6.54 Å². The molecule has 1 rings (SSSR count). The topological polar surface area (TPSA) is 93.5 Å². The van der Waals surface area contributed by atoms with Gasteiger partial charge in [0.2, 0.25) is 5.91 Å².